The largest absolute Gasteiger partial charge is 0.443 e. The van der Waals surface area contributed by atoms with Crippen molar-refractivity contribution in [2.24, 2.45) is 0 Å². The predicted octanol–water partition coefficient (Wildman–Crippen LogP) is 4.38. The average molecular weight is 531 g/mol. The van der Waals surface area contributed by atoms with Gasteiger partial charge in [-0.25, -0.2) is 18.4 Å². The molecule has 37 heavy (non-hydrogen) atoms. The molecule has 12 heteroatoms. The highest BCUT2D eigenvalue weighted by Crippen LogP contribution is 2.31. The summed E-state index contributed by atoms with van der Waals surface area (Å²) in [6.45, 7) is 0.278. The summed E-state index contributed by atoms with van der Waals surface area (Å²) in [6.07, 6.45) is -2.21. The van der Waals surface area contributed by atoms with E-state index in [4.69, 9.17) is 4.42 Å². The molecule has 3 heterocycles. The molecule has 1 aliphatic rings. The van der Waals surface area contributed by atoms with Crippen LogP contribution in [0.15, 0.2) is 76.5 Å². The standard InChI is InChI=1S/C25H21F3N4O4S/c26-25(27,28)19-14-29-23(30-15-19)18-7-3-5-16(11-18)13-31-24(33)20-8-4-10-32(20)37(34,35)22-12-17-6-1-2-9-21(17)36-22/h1-3,5-7,9,11-12,14-15,20H,4,8,10,13H2,(H,31,33)/t20-/m0/s1. The Kier molecular flexibility index (Phi) is 6.46. The van der Waals surface area contributed by atoms with Crippen LogP contribution in [0.4, 0.5) is 13.2 Å². The van der Waals surface area contributed by atoms with Gasteiger partial charge >= 0.3 is 6.18 Å². The fourth-order valence-corrected chi connectivity index (χ4v) is 5.85. The number of benzene rings is 2. The van der Waals surface area contributed by atoms with Crippen molar-refractivity contribution in [2.75, 3.05) is 6.54 Å². The van der Waals surface area contributed by atoms with Crippen molar-refractivity contribution >= 4 is 26.9 Å². The van der Waals surface area contributed by atoms with Gasteiger partial charge in [-0.05, 0) is 30.5 Å². The number of amides is 1. The van der Waals surface area contributed by atoms with Crippen molar-refractivity contribution in [3.63, 3.8) is 0 Å². The molecule has 1 atom stereocenters. The summed E-state index contributed by atoms with van der Waals surface area (Å²) in [5.74, 6) is -0.339. The minimum Gasteiger partial charge on any atom is -0.443 e. The van der Waals surface area contributed by atoms with E-state index in [1.54, 1.807) is 48.5 Å². The quantitative estimate of drug-likeness (QED) is 0.397. The zero-order valence-electron chi connectivity index (χ0n) is 19.3. The molecule has 0 bridgehead atoms. The molecule has 1 N–H and O–H groups in total. The van der Waals surface area contributed by atoms with Gasteiger partial charge in [0, 0.05) is 42.5 Å². The topological polar surface area (TPSA) is 105 Å². The number of para-hydroxylation sites is 1. The van der Waals surface area contributed by atoms with Crippen LogP contribution >= 0.6 is 0 Å². The molecule has 0 saturated carbocycles. The Hall–Kier alpha value is -3.77. The Balaban J connectivity index is 1.28. The summed E-state index contributed by atoms with van der Waals surface area (Å²) in [5.41, 5.74) is 0.631. The number of furan rings is 1. The van der Waals surface area contributed by atoms with E-state index in [1.807, 2.05) is 0 Å². The SMILES string of the molecule is O=C(NCc1cccc(-c2ncc(C(F)(F)F)cn2)c1)[C@@H]1CCCN1S(=O)(=O)c1cc2ccccc2o1. The third-order valence-electron chi connectivity index (χ3n) is 6.10. The van der Waals surface area contributed by atoms with Crippen molar-refractivity contribution < 1.29 is 30.8 Å². The summed E-state index contributed by atoms with van der Waals surface area (Å²) in [5, 5.41) is 3.20. The van der Waals surface area contributed by atoms with E-state index in [1.165, 1.54) is 6.07 Å². The third-order valence-corrected chi connectivity index (χ3v) is 7.87. The Morgan fingerprint density at radius 3 is 2.57 bits per heavy atom. The van der Waals surface area contributed by atoms with Crippen molar-refractivity contribution in [3.8, 4) is 11.4 Å². The maximum Gasteiger partial charge on any atom is 0.419 e. The van der Waals surface area contributed by atoms with Crippen molar-refractivity contribution in [1.29, 1.82) is 0 Å². The van der Waals surface area contributed by atoms with Gasteiger partial charge in [0.1, 0.15) is 11.6 Å². The summed E-state index contributed by atoms with van der Waals surface area (Å²) < 4.78 is 71.5. The molecule has 0 unspecified atom stereocenters. The van der Waals surface area contributed by atoms with Gasteiger partial charge in [0.2, 0.25) is 11.0 Å². The lowest BCUT2D eigenvalue weighted by Crippen LogP contribution is -2.45. The second-order valence-electron chi connectivity index (χ2n) is 8.59. The van der Waals surface area contributed by atoms with Gasteiger partial charge in [-0.15, -0.1) is 0 Å². The van der Waals surface area contributed by atoms with Crippen molar-refractivity contribution in [3.05, 3.63) is 78.1 Å². The molecule has 1 fully saturated rings. The first-order valence-electron chi connectivity index (χ1n) is 11.4. The van der Waals surface area contributed by atoms with Crippen LogP contribution in [0, 0.1) is 0 Å². The minimum atomic E-state index is -4.53. The lowest BCUT2D eigenvalue weighted by molar-refractivity contribution is -0.138. The Bertz CT molecular complexity index is 1520. The number of carbonyl (C=O) groups is 1. The van der Waals surface area contributed by atoms with Crippen LogP contribution in [0.2, 0.25) is 0 Å². The summed E-state index contributed by atoms with van der Waals surface area (Å²) in [7, 11) is -4.03. The Labute approximate surface area is 210 Å². The summed E-state index contributed by atoms with van der Waals surface area (Å²) >= 11 is 0. The number of carbonyl (C=O) groups excluding carboxylic acids is 1. The van der Waals surface area contributed by atoms with E-state index in [2.05, 4.69) is 15.3 Å². The number of aromatic nitrogens is 2. The van der Waals surface area contributed by atoms with Crippen LogP contribution in [0.5, 0.6) is 0 Å². The van der Waals surface area contributed by atoms with E-state index >= 15 is 0 Å². The normalized spacial score (nSPS) is 16.8. The van der Waals surface area contributed by atoms with Gasteiger partial charge in [0.25, 0.3) is 10.0 Å². The van der Waals surface area contributed by atoms with Crippen LogP contribution in [-0.2, 0) is 27.5 Å². The molecule has 0 spiro atoms. The summed E-state index contributed by atoms with van der Waals surface area (Å²) in [4.78, 5) is 20.6. The lowest BCUT2D eigenvalue weighted by atomic mass is 10.1. The van der Waals surface area contributed by atoms with Crippen molar-refractivity contribution in [1.82, 2.24) is 19.6 Å². The molecule has 1 amide bonds. The molecular weight excluding hydrogens is 509 g/mol. The zero-order valence-corrected chi connectivity index (χ0v) is 20.1. The molecule has 0 aliphatic carbocycles. The van der Waals surface area contributed by atoms with Crippen LogP contribution in [0.3, 0.4) is 0 Å². The number of hydrogen-bond acceptors (Lipinski definition) is 6. The highest BCUT2D eigenvalue weighted by atomic mass is 32.2. The van der Waals surface area contributed by atoms with Crippen LogP contribution < -0.4 is 5.32 Å². The molecule has 0 radical (unpaired) electrons. The molecule has 8 nitrogen and oxygen atoms in total. The number of halogens is 3. The smallest absolute Gasteiger partial charge is 0.419 e. The van der Waals surface area contributed by atoms with Gasteiger partial charge in [-0.3, -0.25) is 4.79 Å². The fraction of sp³-hybridized carbons (Fsp3) is 0.240. The van der Waals surface area contributed by atoms with E-state index in [9.17, 15) is 26.4 Å². The van der Waals surface area contributed by atoms with E-state index < -0.39 is 33.7 Å². The predicted molar refractivity (Wildman–Crippen MR) is 127 cm³/mol. The number of nitrogens with zero attached hydrogens (tertiary/aromatic N) is 3. The van der Waals surface area contributed by atoms with E-state index in [0.29, 0.717) is 47.3 Å². The molecule has 192 valence electrons. The highest BCUT2D eigenvalue weighted by Gasteiger charge is 2.41. The van der Waals surface area contributed by atoms with Gasteiger partial charge in [0.05, 0.1) is 5.56 Å². The highest BCUT2D eigenvalue weighted by molar-refractivity contribution is 7.89. The number of rotatable bonds is 6. The first-order valence-corrected chi connectivity index (χ1v) is 12.8. The lowest BCUT2D eigenvalue weighted by Gasteiger charge is -2.22. The van der Waals surface area contributed by atoms with Crippen LogP contribution in [0.25, 0.3) is 22.4 Å². The molecule has 4 aromatic rings. The molecule has 2 aromatic carbocycles. The molecule has 5 rings (SSSR count). The third kappa shape index (κ3) is 5.07. The first-order chi connectivity index (χ1) is 17.6. The zero-order chi connectivity index (χ0) is 26.2. The second kappa shape index (κ2) is 9.60. The monoisotopic (exact) mass is 530 g/mol. The summed E-state index contributed by atoms with van der Waals surface area (Å²) in [6, 6.07) is 14.2. The van der Waals surface area contributed by atoms with Gasteiger partial charge in [0.15, 0.2) is 5.82 Å². The number of fused-ring (bicyclic) bond motifs is 1. The number of sulfonamides is 1. The van der Waals surface area contributed by atoms with E-state index in [-0.39, 0.29) is 24.0 Å². The van der Waals surface area contributed by atoms with Gasteiger partial charge < -0.3 is 9.73 Å². The molecule has 1 aliphatic heterocycles. The van der Waals surface area contributed by atoms with Crippen LogP contribution in [-0.4, -0.2) is 41.2 Å². The van der Waals surface area contributed by atoms with Gasteiger partial charge in [-0.2, -0.15) is 17.5 Å². The fourth-order valence-electron chi connectivity index (χ4n) is 4.24. The maximum atomic E-state index is 13.2. The maximum absolute atomic E-state index is 13.2. The van der Waals surface area contributed by atoms with E-state index in [0.717, 1.165) is 4.31 Å². The number of alkyl halides is 3. The number of hydrogen-bond donors (Lipinski definition) is 1. The Morgan fingerprint density at radius 2 is 1.84 bits per heavy atom. The second-order valence-corrected chi connectivity index (χ2v) is 10.4. The van der Waals surface area contributed by atoms with Crippen molar-refractivity contribution in [2.45, 2.75) is 36.7 Å². The minimum absolute atomic E-state index is 0.0856. The molecule has 2 aromatic heterocycles. The molecular formula is C25H21F3N4O4S. The number of nitrogens with one attached hydrogen (secondary N) is 1. The van der Waals surface area contributed by atoms with Gasteiger partial charge in [-0.1, -0.05) is 36.4 Å². The first kappa shape index (κ1) is 24.9. The molecule has 1 saturated heterocycles. The average Bonchev–Trinajstić information content (AvgIpc) is 3.55. The van der Waals surface area contributed by atoms with Crippen LogP contribution in [0.1, 0.15) is 24.0 Å². The Morgan fingerprint density at radius 1 is 1.08 bits per heavy atom.